The number of anilines is 1. The minimum absolute atomic E-state index is 0.370. The number of hydrogen-bond acceptors (Lipinski definition) is 6. The molecule has 0 unspecified atom stereocenters. The van der Waals surface area contributed by atoms with Gasteiger partial charge in [-0.05, 0) is 97.9 Å². The van der Waals surface area contributed by atoms with Gasteiger partial charge in [0, 0.05) is 30.9 Å². The molecular weight excluding hydrogens is 522 g/mol. The molecule has 3 aromatic carbocycles. The van der Waals surface area contributed by atoms with E-state index in [0.29, 0.717) is 34.7 Å². The fraction of sp³-hybridized carbons (Fsp3) is 0.457. The Kier molecular flexibility index (Phi) is 7.01. The number of carbonyl (C=O) groups is 1. The molecular formula is C35H41N5O2. The Bertz CT molecular complexity index is 1590. The highest BCUT2D eigenvalue weighted by Crippen LogP contribution is 2.54. The summed E-state index contributed by atoms with van der Waals surface area (Å²) >= 11 is 0. The van der Waals surface area contributed by atoms with Crippen molar-refractivity contribution in [2.75, 3.05) is 31.6 Å². The van der Waals surface area contributed by atoms with Gasteiger partial charge >= 0.3 is 5.97 Å². The number of piperidine rings is 1. The first kappa shape index (κ1) is 27.1. The minimum Gasteiger partial charge on any atom is -0.465 e. The molecule has 0 radical (unpaired) electrons. The summed E-state index contributed by atoms with van der Waals surface area (Å²) in [5.74, 6) is 0.191. The molecule has 3 aliphatic rings. The van der Waals surface area contributed by atoms with E-state index in [1.807, 2.05) is 30.3 Å². The van der Waals surface area contributed by atoms with Crippen LogP contribution in [0.3, 0.4) is 0 Å². The maximum Gasteiger partial charge on any atom is 0.340 e. The normalized spacial score (nSPS) is 20.9. The van der Waals surface area contributed by atoms with Crippen LogP contribution in [0.2, 0.25) is 0 Å². The maximum atomic E-state index is 12.7. The number of methoxy groups -OCH3 is 1. The molecule has 2 saturated heterocycles. The van der Waals surface area contributed by atoms with Crippen LogP contribution in [0.4, 0.5) is 5.69 Å². The van der Waals surface area contributed by atoms with Gasteiger partial charge in [0.2, 0.25) is 0 Å². The molecule has 0 amide bonds. The lowest BCUT2D eigenvalue weighted by atomic mass is 9.59. The molecule has 4 aromatic rings. The van der Waals surface area contributed by atoms with Crippen molar-refractivity contribution in [2.45, 2.75) is 70.4 Å². The smallest absolute Gasteiger partial charge is 0.340 e. The van der Waals surface area contributed by atoms with Crippen molar-refractivity contribution in [3.05, 3.63) is 83.4 Å². The summed E-state index contributed by atoms with van der Waals surface area (Å²) < 4.78 is 6.87. The fourth-order valence-corrected chi connectivity index (χ4v) is 7.94. The summed E-state index contributed by atoms with van der Waals surface area (Å²) in [5, 5.41) is 8.72. The molecule has 1 aromatic heterocycles. The van der Waals surface area contributed by atoms with E-state index in [1.165, 1.54) is 57.7 Å². The Balaban J connectivity index is 1.06. The highest BCUT2D eigenvalue weighted by molar-refractivity contribution is 5.95. The second-order valence-electron chi connectivity index (χ2n) is 12.9. The van der Waals surface area contributed by atoms with E-state index in [9.17, 15) is 4.79 Å². The average molecular weight is 564 g/mol. The second-order valence-corrected chi connectivity index (χ2v) is 12.9. The van der Waals surface area contributed by atoms with Gasteiger partial charge in [0.15, 0.2) is 0 Å². The predicted molar refractivity (Wildman–Crippen MR) is 166 cm³/mol. The lowest BCUT2D eigenvalue weighted by molar-refractivity contribution is -0.0227. The number of benzene rings is 3. The number of para-hydroxylation sites is 1. The first-order valence-corrected chi connectivity index (χ1v) is 15.6. The van der Waals surface area contributed by atoms with Gasteiger partial charge in [-0.25, -0.2) is 9.48 Å². The second kappa shape index (κ2) is 10.8. The van der Waals surface area contributed by atoms with Crippen LogP contribution >= 0.6 is 0 Å². The summed E-state index contributed by atoms with van der Waals surface area (Å²) in [5.41, 5.74) is 7.53. The minimum atomic E-state index is -0.370. The molecule has 1 spiro atoms. The molecule has 218 valence electrons. The molecule has 7 rings (SSSR count). The first-order chi connectivity index (χ1) is 20.5. The molecule has 3 heterocycles. The predicted octanol–water partition coefficient (Wildman–Crippen LogP) is 6.92. The lowest BCUT2D eigenvalue weighted by Gasteiger charge is -2.56. The molecule has 42 heavy (non-hydrogen) atoms. The highest BCUT2D eigenvalue weighted by atomic mass is 16.5. The van der Waals surface area contributed by atoms with Gasteiger partial charge in [-0.15, -0.1) is 5.10 Å². The molecule has 3 fully saturated rings. The van der Waals surface area contributed by atoms with Crippen LogP contribution in [0.5, 0.6) is 0 Å². The van der Waals surface area contributed by atoms with Crippen LogP contribution in [-0.4, -0.2) is 58.6 Å². The zero-order chi connectivity index (χ0) is 28.8. The molecule has 1 saturated carbocycles. The van der Waals surface area contributed by atoms with Gasteiger partial charge in [0.05, 0.1) is 23.9 Å². The Morgan fingerprint density at radius 3 is 2.52 bits per heavy atom. The SMILES string of the molecule is COC(=O)c1ccc(N2CCC3(CC2)CC(N2CCC[C@H]2c2ccccc2C(C)C)C3)cc1-n1nnc2ccccc21. The third kappa shape index (κ3) is 4.68. The Morgan fingerprint density at radius 1 is 0.976 bits per heavy atom. The Morgan fingerprint density at radius 2 is 1.74 bits per heavy atom. The summed E-state index contributed by atoms with van der Waals surface area (Å²) in [6, 6.07) is 24.3. The van der Waals surface area contributed by atoms with Crippen LogP contribution in [0.1, 0.15) is 85.8 Å². The first-order valence-electron chi connectivity index (χ1n) is 15.6. The number of aromatic nitrogens is 3. The number of hydrogen-bond donors (Lipinski definition) is 0. The summed E-state index contributed by atoms with van der Waals surface area (Å²) in [6.45, 7) is 7.94. The highest BCUT2D eigenvalue weighted by Gasteiger charge is 2.50. The van der Waals surface area contributed by atoms with Crippen molar-refractivity contribution < 1.29 is 9.53 Å². The summed E-state index contributed by atoms with van der Waals surface area (Å²) in [6.07, 6.45) is 7.65. The maximum absolute atomic E-state index is 12.7. The van der Waals surface area contributed by atoms with Gasteiger partial charge in [-0.2, -0.15) is 0 Å². The van der Waals surface area contributed by atoms with E-state index in [2.05, 4.69) is 70.4 Å². The Hall–Kier alpha value is -3.71. The van der Waals surface area contributed by atoms with Crippen molar-refractivity contribution in [1.29, 1.82) is 0 Å². The lowest BCUT2D eigenvalue weighted by Crippen LogP contribution is -2.55. The molecule has 7 heteroatoms. The quantitative estimate of drug-likeness (QED) is 0.237. The van der Waals surface area contributed by atoms with E-state index >= 15 is 0 Å². The van der Waals surface area contributed by atoms with Crippen molar-refractivity contribution in [1.82, 2.24) is 19.9 Å². The van der Waals surface area contributed by atoms with Crippen LogP contribution in [0.15, 0.2) is 66.7 Å². The van der Waals surface area contributed by atoms with E-state index in [4.69, 9.17) is 4.74 Å². The zero-order valence-corrected chi connectivity index (χ0v) is 25.0. The largest absolute Gasteiger partial charge is 0.465 e. The number of esters is 1. The third-order valence-electron chi connectivity index (χ3n) is 10.2. The van der Waals surface area contributed by atoms with Crippen molar-refractivity contribution in [3.8, 4) is 5.69 Å². The monoisotopic (exact) mass is 563 g/mol. The summed E-state index contributed by atoms with van der Waals surface area (Å²) in [4.78, 5) is 18.0. The average Bonchev–Trinajstić information content (AvgIpc) is 3.67. The zero-order valence-electron chi connectivity index (χ0n) is 25.0. The van der Waals surface area contributed by atoms with E-state index in [1.54, 1.807) is 10.2 Å². The molecule has 0 bridgehead atoms. The van der Waals surface area contributed by atoms with Gasteiger partial charge in [0.25, 0.3) is 0 Å². The van der Waals surface area contributed by atoms with Gasteiger partial charge < -0.3 is 9.64 Å². The summed E-state index contributed by atoms with van der Waals surface area (Å²) in [7, 11) is 1.42. The molecule has 2 aliphatic heterocycles. The van der Waals surface area contributed by atoms with Crippen LogP contribution in [0.25, 0.3) is 16.7 Å². The number of rotatable bonds is 6. The number of fused-ring (bicyclic) bond motifs is 1. The van der Waals surface area contributed by atoms with Crippen molar-refractivity contribution in [3.63, 3.8) is 0 Å². The molecule has 7 nitrogen and oxygen atoms in total. The van der Waals surface area contributed by atoms with Crippen LogP contribution in [0, 0.1) is 5.41 Å². The van der Waals surface area contributed by atoms with Crippen LogP contribution in [-0.2, 0) is 4.74 Å². The standard InChI is InChI=1S/C35H41N5O2/c1-24(2)27-9-4-5-10-28(27)31-13-8-18-39(31)26-22-35(23-26)16-19-38(20-17-35)25-14-15-29(34(41)42-3)33(21-25)40-32-12-7-6-11-30(32)36-37-40/h4-7,9-12,14-15,21,24,26,31H,8,13,16-20,22-23H2,1-3H3/t31-/m0/s1. The molecule has 0 N–H and O–H groups in total. The van der Waals surface area contributed by atoms with Gasteiger partial charge in [-0.3, -0.25) is 4.90 Å². The topological polar surface area (TPSA) is 63.5 Å². The third-order valence-corrected chi connectivity index (χ3v) is 10.2. The van der Waals surface area contributed by atoms with Gasteiger partial charge in [0.1, 0.15) is 5.52 Å². The number of ether oxygens (including phenoxy) is 1. The number of likely N-dealkylation sites (tertiary alicyclic amines) is 1. The molecule has 1 atom stereocenters. The fourth-order valence-electron chi connectivity index (χ4n) is 7.94. The van der Waals surface area contributed by atoms with Gasteiger partial charge in [-0.1, -0.05) is 55.5 Å². The Labute approximate surface area is 248 Å². The van der Waals surface area contributed by atoms with E-state index in [-0.39, 0.29) is 5.97 Å². The molecule has 1 aliphatic carbocycles. The van der Waals surface area contributed by atoms with Crippen molar-refractivity contribution in [2.24, 2.45) is 5.41 Å². The van der Waals surface area contributed by atoms with Crippen molar-refractivity contribution >= 4 is 22.7 Å². The van der Waals surface area contributed by atoms with Crippen LogP contribution < -0.4 is 4.90 Å². The number of nitrogens with zero attached hydrogens (tertiary/aromatic N) is 5. The number of carbonyl (C=O) groups excluding carboxylic acids is 1. The van der Waals surface area contributed by atoms with E-state index in [0.717, 1.165) is 29.8 Å². The van der Waals surface area contributed by atoms with E-state index < -0.39 is 0 Å².